The van der Waals surface area contributed by atoms with Crippen LogP contribution in [0.4, 0.5) is 8.78 Å². The highest BCUT2D eigenvalue weighted by Crippen LogP contribution is 2.22. The quantitative estimate of drug-likeness (QED) is 0.895. The smallest absolute Gasteiger partial charge is 0.159 e. The molecule has 1 saturated heterocycles. The minimum atomic E-state index is -0.823. The maximum atomic E-state index is 13.1. The van der Waals surface area contributed by atoms with Crippen molar-refractivity contribution < 1.29 is 8.78 Å². The Morgan fingerprint density at radius 2 is 2.17 bits per heavy atom. The fourth-order valence-corrected chi connectivity index (χ4v) is 2.54. The van der Waals surface area contributed by atoms with E-state index in [0.717, 1.165) is 25.1 Å². The van der Waals surface area contributed by atoms with Crippen molar-refractivity contribution >= 4 is 0 Å². The van der Waals surface area contributed by atoms with Gasteiger partial charge in [-0.2, -0.15) is 0 Å². The lowest BCUT2D eigenvalue weighted by atomic mass is 10.1. The molecule has 1 aromatic rings. The summed E-state index contributed by atoms with van der Waals surface area (Å²) in [7, 11) is 0. The molecule has 1 aliphatic rings. The van der Waals surface area contributed by atoms with E-state index in [1.54, 1.807) is 6.07 Å². The van der Waals surface area contributed by atoms with Crippen molar-refractivity contribution in [2.75, 3.05) is 19.6 Å². The summed E-state index contributed by atoms with van der Waals surface area (Å²) >= 11 is 0. The zero-order valence-corrected chi connectivity index (χ0v) is 10.7. The van der Waals surface area contributed by atoms with Gasteiger partial charge in [-0.15, -0.1) is 0 Å². The molecule has 100 valence electrons. The van der Waals surface area contributed by atoms with Gasteiger partial charge in [-0.1, -0.05) is 19.4 Å². The van der Waals surface area contributed by atoms with Crippen molar-refractivity contribution in [1.29, 1.82) is 0 Å². The summed E-state index contributed by atoms with van der Waals surface area (Å²) in [5, 5.41) is 0. The van der Waals surface area contributed by atoms with Crippen molar-refractivity contribution in [3.63, 3.8) is 0 Å². The van der Waals surface area contributed by atoms with Crippen LogP contribution in [0.5, 0.6) is 0 Å². The van der Waals surface area contributed by atoms with Gasteiger partial charge >= 0.3 is 0 Å². The van der Waals surface area contributed by atoms with E-state index in [-0.39, 0.29) is 6.04 Å². The molecule has 1 heterocycles. The highest BCUT2D eigenvalue weighted by molar-refractivity contribution is 5.21. The fraction of sp³-hybridized carbons (Fsp3) is 0.571. The molecule has 4 heteroatoms. The lowest BCUT2D eigenvalue weighted by Crippen LogP contribution is -2.30. The van der Waals surface area contributed by atoms with Gasteiger partial charge in [0, 0.05) is 19.1 Å². The van der Waals surface area contributed by atoms with Gasteiger partial charge in [-0.05, 0) is 36.6 Å². The normalized spacial score (nSPS) is 22.3. The zero-order valence-electron chi connectivity index (χ0n) is 10.7. The van der Waals surface area contributed by atoms with Gasteiger partial charge in [0.2, 0.25) is 0 Å². The second-order valence-corrected chi connectivity index (χ2v) is 5.10. The van der Waals surface area contributed by atoms with Gasteiger partial charge < -0.3 is 10.6 Å². The largest absolute Gasteiger partial charge is 0.323 e. The molecule has 2 N–H and O–H groups in total. The van der Waals surface area contributed by atoms with Crippen LogP contribution in [-0.4, -0.2) is 24.5 Å². The molecule has 2 unspecified atom stereocenters. The molecule has 2 atom stereocenters. The Bertz CT molecular complexity index is 409. The Hall–Kier alpha value is -1.00. The van der Waals surface area contributed by atoms with Gasteiger partial charge in [0.1, 0.15) is 0 Å². The Morgan fingerprint density at radius 1 is 1.39 bits per heavy atom. The van der Waals surface area contributed by atoms with Crippen LogP contribution in [0.1, 0.15) is 31.4 Å². The second kappa shape index (κ2) is 5.76. The first-order valence-electron chi connectivity index (χ1n) is 6.53. The van der Waals surface area contributed by atoms with Crippen LogP contribution in [0.3, 0.4) is 0 Å². The number of likely N-dealkylation sites (tertiary alicyclic amines) is 1. The summed E-state index contributed by atoms with van der Waals surface area (Å²) in [6.45, 7) is 5.02. The van der Waals surface area contributed by atoms with Crippen LogP contribution >= 0.6 is 0 Å². The number of nitrogens with two attached hydrogens (primary N) is 1. The third-order valence-corrected chi connectivity index (χ3v) is 3.77. The van der Waals surface area contributed by atoms with Crippen molar-refractivity contribution in [1.82, 2.24) is 4.90 Å². The number of rotatable bonds is 4. The van der Waals surface area contributed by atoms with Gasteiger partial charge in [0.25, 0.3) is 0 Å². The van der Waals surface area contributed by atoms with E-state index in [4.69, 9.17) is 5.73 Å². The summed E-state index contributed by atoms with van der Waals surface area (Å²) in [5.74, 6) is -0.892. The third kappa shape index (κ3) is 3.06. The van der Waals surface area contributed by atoms with Gasteiger partial charge in [0.05, 0.1) is 0 Å². The fourth-order valence-electron chi connectivity index (χ4n) is 2.54. The first kappa shape index (κ1) is 13.4. The summed E-state index contributed by atoms with van der Waals surface area (Å²) in [4.78, 5) is 2.31. The van der Waals surface area contributed by atoms with Crippen LogP contribution in [0.25, 0.3) is 0 Å². The Kier molecular flexibility index (Phi) is 4.30. The molecule has 0 saturated carbocycles. The lowest BCUT2D eigenvalue weighted by molar-refractivity contribution is 0.302. The van der Waals surface area contributed by atoms with Crippen molar-refractivity contribution in [2.45, 2.75) is 25.8 Å². The summed E-state index contributed by atoms with van der Waals surface area (Å²) in [5.41, 5.74) is 6.71. The average Bonchev–Trinajstić information content (AvgIpc) is 2.80. The maximum absolute atomic E-state index is 13.1. The predicted molar refractivity (Wildman–Crippen MR) is 68.1 cm³/mol. The number of benzene rings is 1. The molecule has 0 radical (unpaired) electrons. The van der Waals surface area contributed by atoms with E-state index in [9.17, 15) is 8.78 Å². The maximum Gasteiger partial charge on any atom is 0.159 e. The summed E-state index contributed by atoms with van der Waals surface area (Å²) in [6, 6.07) is 3.66. The number of nitrogens with zero attached hydrogens (tertiary/aromatic N) is 1. The second-order valence-electron chi connectivity index (χ2n) is 5.10. The molecule has 0 bridgehead atoms. The van der Waals surface area contributed by atoms with E-state index >= 15 is 0 Å². The topological polar surface area (TPSA) is 29.3 Å². The van der Waals surface area contributed by atoms with E-state index in [0.29, 0.717) is 12.1 Å². The van der Waals surface area contributed by atoms with E-state index in [2.05, 4.69) is 11.8 Å². The first-order chi connectivity index (χ1) is 8.60. The van der Waals surface area contributed by atoms with E-state index < -0.39 is 11.6 Å². The molecule has 1 fully saturated rings. The molecule has 2 rings (SSSR count). The van der Waals surface area contributed by atoms with Gasteiger partial charge in [-0.25, -0.2) is 8.78 Å². The van der Waals surface area contributed by atoms with Crippen LogP contribution in [0.15, 0.2) is 18.2 Å². The third-order valence-electron chi connectivity index (χ3n) is 3.77. The summed E-state index contributed by atoms with van der Waals surface area (Å²) in [6.07, 6.45) is 2.40. The minimum absolute atomic E-state index is 0.254. The predicted octanol–water partition coefficient (Wildman–Crippen LogP) is 2.70. The zero-order chi connectivity index (χ0) is 13.1. The number of hydrogen-bond acceptors (Lipinski definition) is 2. The van der Waals surface area contributed by atoms with Gasteiger partial charge in [-0.3, -0.25) is 0 Å². The van der Waals surface area contributed by atoms with Crippen LogP contribution < -0.4 is 5.73 Å². The van der Waals surface area contributed by atoms with E-state index in [1.807, 2.05) is 0 Å². The van der Waals surface area contributed by atoms with Crippen molar-refractivity contribution in [3.8, 4) is 0 Å². The molecule has 0 spiro atoms. The van der Waals surface area contributed by atoms with Crippen molar-refractivity contribution in [3.05, 3.63) is 35.4 Å². The molecule has 1 aliphatic heterocycles. The SMILES string of the molecule is CCC1CCN(CC(N)c2ccc(F)c(F)c2)C1. The summed E-state index contributed by atoms with van der Waals surface area (Å²) < 4.78 is 26.0. The highest BCUT2D eigenvalue weighted by atomic mass is 19.2. The Balaban J connectivity index is 1.95. The molecule has 0 aromatic heterocycles. The first-order valence-corrected chi connectivity index (χ1v) is 6.53. The Labute approximate surface area is 107 Å². The van der Waals surface area contributed by atoms with E-state index in [1.165, 1.54) is 18.9 Å². The van der Waals surface area contributed by atoms with Crippen LogP contribution in [-0.2, 0) is 0 Å². The number of halogens is 2. The molecule has 2 nitrogen and oxygen atoms in total. The lowest BCUT2D eigenvalue weighted by Gasteiger charge is -2.21. The number of hydrogen-bond donors (Lipinski definition) is 1. The molecule has 18 heavy (non-hydrogen) atoms. The van der Waals surface area contributed by atoms with Crippen molar-refractivity contribution in [2.24, 2.45) is 11.7 Å². The standard InChI is InChI=1S/C14H20F2N2/c1-2-10-5-6-18(8-10)9-14(17)11-3-4-12(15)13(16)7-11/h3-4,7,10,14H,2,5-6,8-9,17H2,1H3. The minimum Gasteiger partial charge on any atom is -0.323 e. The molecule has 0 amide bonds. The van der Waals surface area contributed by atoms with Crippen LogP contribution in [0.2, 0.25) is 0 Å². The average molecular weight is 254 g/mol. The molecular formula is C14H20F2N2. The highest BCUT2D eigenvalue weighted by Gasteiger charge is 2.23. The molecule has 1 aromatic carbocycles. The molecular weight excluding hydrogens is 234 g/mol. The molecule has 0 aliphatic carbocycles. The monoisotopic (exact) mass is 254 g/mol. The van der Waals surface area contributed by atoms with Crippen LogP contribution in [0, 0.1) is 17.6 Å². The van der Waals surface area contributed by atoms with Gasteiger partial charge in [0.15, 0.2) is 11.6 Å². The Morgan fingerprint density at radius 3 is 2.78 bits per heavy atom.